The first-order valence-electron chi connectivity index (χ1n) is 6.06. The number of fused-ring (bicyclic) bond motifs is 1. The second-order valence-electron chi connectivity index (χ2n) is 5.01. The number of aryl methyl sites for hydroxylation is 2. The molecule has 2 N–H and O–H groups in total. The lowest BCUT2D eigenvalue weighted by molar-refractivity contribution is -0.151. The molecule has 1 aliphatic heterocycles. The quantitative estimate of drug-likeness (QED) is 0.870. The van der Waals surface area contributed by atoms with Gasteiger partial charge in [-0.2, -0.15) is 0 Å². The fourth-order valence-electron chi connectivity index (χ4n) is 2.70. The molecule has 1 aromatic carbocycles. The van der Waals surface area contributed by atoms with E-state index in [4.69, 9.17) is 9.84 Å². The van der Waals surface area contributed by atoms with Crippen LogP contribution in [0.5, 0.6) is 5.75 Å². The van der Waals surface area contributed by atoms with E-state index in [1.54, 1.807) is 6.07 Å². The number of aliphatic carboxylic acids is 2. The summed E-state index contributed by atoms with van der Waals surface area (Å²) in [4.78, 5) is 22.7. The lowest BCUT2D eigenvalue weighted by Gasteiger charge is -2.35. The van der Waals surface area contributed by atoms with E-state index in [1.165, 1.54) is 0 Å². The molecular weight excluding hydrogens is 248 g/mol. The number of hydrogen-bond donors (Lipinski definition) is 2. The topological polar surface area (TPSA) is 83.8 Å². The summed E-state index contributed by atoms with van der Waals surface area (Å²) < 4.78 is 5.54. The molecule has 0 fully saturated rings. The Morgan fingerprint density at radius 3 is 2.58 bits per heavy atom. The average molecular weight is 264 g/mol. The molecule has 0 spiro atoms. The zero-order valence-electron chi connectivity index (χ0n) is 10.9. The van der Waals surface area contributed by atoms with Crippen molar-refractivity contribution in [3.63, 3.8) is 0 Å². The Labute approximate surface area is 110 Å². The van der Waals surface area contributed by atoms with Crippen molar-refractivity contribution in [2.75, 3.05) is 6.61 Å². The molecule has 5 heteroatoms. The third-order valence-electron chi connectivity index (χ3n) is 3.57. The first-order chi connectivity index (χ1) is 8.86. The minimum absolute atomic E-state index is 0.171. The van der Waals surface area contributed by atoms with Gasteiger partial charge in [0.2, 0.25) is 0 Å². The second kappa shape index (κ2) is 4.57. The van der Waals surface area contributed by atoms with Crippen LogP contribution in [0.4, 0.5) is 0 Å². The zero-order chi connectivity index (χ0) is 14.2. The summed E-state index contributed by atoms with van der Waals surface area (Å²) >= 11 is 0. The Hall–Kier alpha value is -2.04. The van der Waals surface area contributed by atoms with E-state index in [-0.39, 0.29) is 13.0 Å². The number of carboxylic acid groups (broad SMARTS) is 2. The molecule has 2 rings (SSSR count). The number of benzene rings is 1. The van der Waals surface area contributed by atoms with E-state index >= 15 is 0 Å². The van der Waals surface area contributed by atoms with Crippen LogP contribution < -0.4 is 4.74 Å². The van der Waals surface area contributed by atoms with Crippen LogP contribution in [-0.4, -0.2) is 28.8 Å². The highest BCUT2D eigenvalue weighted by Gasteiger charge is 2.47. The molecule has 0 amide bonds. The maximum Gasteiger partial charge on any atom is 0.314 e. The van der Waals surface area contributed by atoms with Crippen molar-refractivity contribution in [2.45, 2.75) is 32.1 Å². The molecule has 0 bridgehead atoms. The molecule has 1 heterocycles. The predicted octanol–water partition coefficient (Wildman–Crippen LogP) is 1.88. The molecule has 0 aromatic heterocycles. The lowest BCUT2D eigenvalue weighted by atomic mass is 9.72. The fourth-order valence-corrected chi connectivity index (χ4v) is 2.70. The largest absolute Gasteiger partial charge is 0.493 e. The van der Waals surface area contributed by atoms with Crippen LogP contribution in [0.3, 0.4) is 0 Å². The highest BCUT2D eigenvalue weighted by molar-refractivity contribution is 5.88. The van der Waals surface area contributed by atoms with Gasteiger partial charge in [0.05, 0.1) is 13.0 Å². The van der Waals surface area contributed by atoms with E-state index in [1.807, 2.05) is 19.9 Å². The molecular formula is C14H16O5. The van der Waals surface area contributed by atoms with Gasteiger partial charge in [-0.1, -0.05) is 17.7 Å². The van der Waals surface area contributed by atoms with Crippen LogP contribution in [0.1, 0.15) is 29.5 Å². The zero-order valence-corrected chi connectivity index (χ0v) is 10.9. The van der Waals surface area contributed by atoms with E-state index < -0.39 is 23.8 Å². The standard InChI is InChI=1S/C14H16O5/c1-8-5-9(2)12-10(6-8)14(13(17)18,3-4-19-12)7-11(15)16/h5-6H,3-4,7H2,1-2H3,(H,15,16)(H,17,18). The van der Waals surface area contributed by atoms with Crippen LogP contribution in [0.2, 0.25) is 0 Å². The first kappa shape index (κ1) is 13.4. The van der Waals surface area contributed by atoms with Gasteiger partial charge in [0.15, 0.2) is 0 Å². The molecule has 1 aliphatic rings. The van der Waals surface area contributed by atoms with Gasteiger partial charge < -0.3 is 14.9 Å². The molecule has 102 valence electrons. The lowest BCUT2D eigenvalue weighted by Crippen LogP contribution is -2.42. The molecule has 0 saturated carbocycles. The van der Waals surface area contributed by atoms with Gasteiger partial charge in [0.25, 0.3) is 0 Å². The summed E-state index contributed by atoms with van der Waals surface area (Å²) in [5, 5.41) is 18.6. The van der Waals surface area contributed by atoms with Gasteiger partial charge >= 0.3 is 11.9 Å². The molecule has 1 unspecified atom stereocenters. The molecule has 1 aromatic rings. The van der Waals surface area contributed by atoms with Crippen molar-refractivity contribution >= 4 is 11.9 Å². The predicted molar refractivity (Wildman–Crippen MR) is 67.6 cm³/mol. The third kappa shape index (κ3) is 2.16. The normalized spacial score (nSPS) is 21.4. The molecule has 19 heavy (non-hydrogen) atoms. The number of carboxylic acids is 2. The van der Waals surface area contributed by atoms with Gasteiger partial charge in [-0.05, 0) is 19.4 Å². The average Bonchev–Trinajstić information content (AvgIpc) is 2.29. The van der Waals surface area contributed by atoms with Crippen molar-refractivity contribution in [3.8, 4) is 5.75 Å². The maximum absolute atomic E-state index is 11.7. The number of carbonyl (C=O) groups is 2. The second-order valence-corrected chi connectivity index (χ2v) is 5.01. The molecule has 0 saturated heterocycles. The van der Waals surface area contributed by atoms with E-state index in [0.29, 0.717) is 11.3 Å². The Morgan fingerprint density at radius 1 is 1.32 bits per heavy atom. The molecule has 0 aliphatic carbocycles. The van der Waals surface area contributed by atoms with Crippen LogP contribution in [-0.2, 0) is 15.0 Å². The summed E-state index contributed by atoms with van der Waals surface area (Å²) in [6.07, 6.45) is -0.258. The van der Waals surface area contributed by atoms with Crippen molar-refractivity contribution < 1.29 is 24.5 Å². The summed E-state index contributed by atoms with van der Waals surface area (Å²) in [7, 11) is 0. The van der Waals surface area contributed by atoms with Crippen LogP contribution in [0.25, 0.3) is 0 Å². The summed E-state index contributed by atoms with van der Waals surface area (Å²) in [5.41, 5.74) is 0.825. The van der Waals surface area contributed by atoms with Gasteiger partial charge in [-0.15, -0.1) is 0 Å². The van der Waals surface area contributed by atoms with Gasteiger partial charge in [-0.3, -0.25) is 9.59 Å². The highest BCUT2D eigenvalue weighted by atomic mass is 16.5. The van der Waals surface area contributed by atoms with E-state index in [9.17, 15) is 14.7 Å². The Balaban J connectivity index is 2.67. The minimum atomic E-state index is -1.39. The number of rotatable bonds is 3. The molecule has 1 atom stereocenters. The van der Waals surface area contributed by atoms with Crippen LogP contribution in [0.15, 0.2) is 12.1 Å². The fraction of sp³-hybridized carbons (Fsp3) is 0.429. The van der Waals surface area contributed by atoms with Crippen molar-refractivity contribution in [3.05, 3.63) is 28.8 Å². The van der Waals surface area contributed by atoms with Gasteiger partial charge in [-0.25, -0.2) is 0 Å². The van der Waals surface area contributed by atoms with Gasteiger partial charge in [0.1, 0.15) is 11.2 Å². The van der Waals surface area contributed by atoms with E-state index in [0.717, 1.165) is 11.1 Å². The van der Waals surface area contributed by atoms with Crippen molar-refractivity contribution in [1.82, 2.24) is 0 Å². The molecule has 0 radical (unpaired) electrons. The summed E-state index contributed by atoms with van der Waals surface area (Å²) in [5.74, 6) is -1.71. The van der Waals surface area contributed by atoms with Crippen molar-refractivity contribution in [1.29, 1.82) is 0 Å². The molecule has 5 nitrogen and oxygen atoms in total. The Bertz CT molecular complexity index is 549. The van der Waals surface area contributed by atoms with Gasteiger partial charge in [0, 0.05) is 12.0 Å². The van der Waals surface area contributed by atoms with Crippen LogP contribution >= 0.6 is 0 Å². The Kier molecular flexibility index (Phi) is 3.22. The number of ether oxygens (including phenoxy) is 1. The Morgan fingerprint density at radius 2 is 2.00 bits per heavy atom. The monoisotopic (exact) mass is 264 g/mol. The van der Waals surface area contributed by atoms with Crippen LogP contribution in [0, 0.1) is 13.8 Å². The maximum atomic E-state index is 11.7. The summed E-state index contributed by atoms with van der Waals surface area (Å²) in [6, 6.07) is 3.62. The smallest absolute Gasteiger partial charge is 0.314 e. The third-order valence-corrected chi connectivity index (χ3v) is 3.57. The van der Waals surface area contributed by atoms with E-state index in [2.05, 4.69) is 0 Å². The summed E-state index contributed by atoms with van der Waals surface area (Å²) in [6.45, 7) is 3.91. The first-order valence-corrected chi connectivity index (χ1v) is 6.06. The van der Waals surface area contributed by atoms with Crippen molar-refractivity contribution in [2.24, 2.45) is 0 Å². The SMILES string of the molecule is Cc1cc(C)c2c(c1)C(CC(=O)O)(C(=O)O)CCO2. The highest BCUT2D eigenvalue weighted by Crippen LogP contribution is 2.43. The number of hydrogen-bond acceptors (Lipinski definition) is 3. The minimum Gasteiger partial charge on any atom is -0.493 e.